The molecule has 1 aromatic carbocycles. The highest BCUT2D eigenvalue weighted by Crippen LogP contribution is 2.26. The van der Waals surface area contributed by atoms with Gasteiger partial charge in [0.25, 0.3) is 0 Å². The second kappa shape index (κ2) is 4.61. The molecule has 1 aliphatic rings. The van der Waals surface area contributed by atoms with Gasteiger partial charge in [0.05, 0.1) is 11.7 Å². The van der Waals surface area contributed by atoms with Crippen LogP contribution in [0.2, 0.25) is 0 Å². The molecule has 3 rings (SSSR count). The van der Waals surface area contributed by atoms with Crippen molar-refractivity contribution in [2.24, 2.45) is 0 Å². The van der Waals surface area contributed by atoms with Crippen LogP contribution in [0.5, 0.6) is 5.75 Å². The van der Waals surface area contributed by atoms with Crippen LogP contribution in [-0.4, -0.2) is 41.3 Å². The van der Waals surface area contributed by atoms with E-state index in [2.05, 4.69) is 41.2 Å². The monoisotopic (exact) mass is 245 g/mol. The van der Waals surface area contributed by atoms with E-state index in [-0.39, 0.29) is 0 Å². The number of ether oxygens (including phenoxy) is 1. The van der Waals surface area contributed by atoms with Gasteiger partial charge in [-0.25, -0.2) is 0 Å². The highest BCUT2D eigenvalue weighted by molar-refractivity contribution is 5.80. The maximum atomic E-state index is 6.14. The number of aryl methyl sites for hydroxylation is 1. The van der Waals surface area contributed by atoms with Crippen LogP contribution in [0.1, 0.15) is 18.4 Å². The minimum atomic E-state index is 0.308. The minimum Gasteiger partial charge on any atom is -0.489 e. The third-order valence-electron chi connectivity index (χ3n) is 3.61. The summed E-state index contributed by atoms with van der Waals surface area (Å²) < 4.78 is 6.14. The predicted molar refractivity (Wildman–Crippen MR) is 72.0 cm³/mol. The van der Waals surface area contributed by atoms with Gasteiger partial charge in [-0.15, -0.1) is 0 Å². The van der Waals surface area contributed by atoms with Gasteiger partial charge >= 0.3 is 0 Å². The maximum Gasteiger partial charge on any atom is 0.124 e. The summed E-state index contributed by atoms with van der Waals surface area (Å²) in [6, 6.07) is 4.19. The Bertz CT molecular complexity index is 549. The average molecular weight is 245 g/mol. The highest BCUT2D eigenvalue weighted by atomic mass is 16.5. The molecule has 1 fully saturated rings. The fourth-order valence-corrected chi connectivity index (χ4v) is 2.61. The zero-order valence-corrected chi connectivity index (χ0v) is 10.9. The van der Waals surface area contributed by atoms with E-state index in [1.165, 1.54) is 18.5 Å². The molecule has 1 aromatic heterocycles. The summed E-state index contributed by atoms with van der Waals surface area (Å²) >= 11 is 0. The fraction of sp³-hybridized carbons (Fsp3) is 0.500. The molecule has 2 aromatic rings. The molecule has 1 saturated heterocycles. The summed E-state index contributed by atoms with van der Waals surface area (Å²) in [5.41, 5.74) is 2.22. The lowest BCUT2D eigenvalue weighted by molar-refractivity contribution is 0.104. The van der Waals surface area contributed by atoms with E-state index in [0.29, 0.717) is 6.10 Å². The Morgan fingerprint density at radius 1 is 1.44 bits per heavy atom. The van der Waals surface area contributed by atoms with Crippen LogP contribution in [-0.2, 0) is 0 Å². The Morgan fingerprint density at radius 3 is 3.17 bits per heavy atom. The minimum absolute atomic E-state index is 0.308. The van der Waals surface area contributed by atoms with Crippen molar-refractivity contribution in [3.63, 3.8) is 0 Å². The predicted octanol–water partition coefficient (Wildman–Crippen LogP) is 2.34. The number of fused-ring (bicyclic) bond motifs is 1. The van der Waals surface area contributed by atoms with Crippen LogP contribution in [0.15, 0.2) is 18.3 Å². The molecule has 96 valence electrons. The number of rotatable bonds is 2. The first kappa shape index (κ1) is 11.5. The summed E-state index contributed by atoms with van der Waals surface area (Å²) in [6.07, 6.45) is 4.51. The van der Waals surface area contributed by atoms with Gasteiger partial charge in [0.1, 0.15) is 11.9 Å². The summed E-state index contributed by atoms with van der Waals surface area (Å²) in [7, 11) is 2.15. The van der Waals surface area contributed by atoms with Gasteiger partial charge in [0, 0.05) is 18.0 Å². The Kier molecular flexibility index (Phi) is 2.96. The molecule has 0 spiro atoms. The van der Waals surface area contributed by atoms with Gasteiger partial charge in [0.15, 0.2) is 0 Å². The number of aromatic amines is 1. The molecule has 0 amide bonds. The average Bonchev–Trinajstić information content (AvgIpc) is 2.76. The first-order chi connectivity index (χ1) is 8.72. The molecule has 0 unspecified atom stereocenters. The number of likely N-dealkylation sites (N-methyl/N-ethyl adjacent to an activating group) is 1. The maximum absolute atomic E-state index is 6.14. The van der Waals surface area contributed by atoms with Crippen LogP contribution in [0.4, 0.5) is 0 Å². The molecule has 4 nitrogen and oxygen atoms in total. The number of piperidine rings is 1. The summed E-state index contributed by atoms with van der Waals surface area (Å²) in [4.78, 5) is 2.33. The Morgan fingerprint density at radius 2 is 2.33 bits per heavy atom. The molecule has 0 radical (unpaired) electrons. The molecule has 1 N–H and O–H groups in total. The highest BCUT2D eigenvalue weighted by Gasteiger charge is 2.19. The molecule has 0 saturated carbocycles. The second-order valence-corrected chi connectivity index (χ2v) is 5.22. The third kappa shape index (κ3) is 2.20. The van der Waals surface area contributed by atoms with Crippen molar-refractivity contribution in [2.75, 3.05) is 20.1 Å². The number of benzene rings is 1. The lowest BCUT2D eigenvalue weighted by Crippen LogP contribution is -2.38. The molecule has 18 heavy (non-hydrogen) atoms. The second-order valence-electron chi connectivity index (χ2n) is 5.22. The number of hydrogen-bond donors (Lipinski definition) is 1. The van der Waals surface area contributed by atoms with Crippen LogP contribution in [0, 0.1) is 6.92 Å². The lowest BCUT2D eigenvalue weighted by atomic mass is 10.1. The quantitative estimate of drug-likeness (QED) is 0.883. The number of hydrogen-bond acceptors (Lipinski definition) is 3. The molecule has 0 bridgehead atoms. The summed E-state index contributed by atoms with van der Waals surface area (Å²) in [5, 5.41) is 8.19. The Labute approximate surface area is 107 Å². The smallest absolute Gasteiger partial charge is 0.124 e. The van der Waals surface area contributed by atoms with E-state index in [1.807, 2.05) is 6.20 Å². The number of nitrogens with one attached hydrogen (secondary N) is 1. The van der Waals surface area contributed by atoms with Crippen molar-refractivity contribution in [1.82, 2.24) is 15.1 Å². The molecule has 0 aliphatic carbocycles. The van der Waals surface area contributed by atoms with E-state index in [1.54, 1.807) is 0 Å². The molecule has 1 aliphatic heterocycles. The van der Waals surface area contributed by atoms with Crippen molar-refractivity contribution < 1.29 is 4.74 Å². The van der Waals surface area contributed by atoms with Gasteiger partial charge in [-0.3, -0.25) is 5.10 Å². The van der Waals surface area contributed by atoms with Crippen LogP contribution >= 0.6 is 0 Å². The molecule has 1 atom stereocenters. The van der Waals surface area contributed by atoms with E-state index in [4.69, 9.17) is 4.74 Å². The number of aromatic nitrogens is 2. The van der Waals surface area contributed by atoms with E-state index >= 15 is 0 Å². The molecule has 4 heteroatoms. The van der Waals surface area contributed by atoms with Crippen molar-refractivity contribution in [2.45, 2.75) is 25.9 Å². The normalized spacial score (nSPS) is 21.3. The lowest BCUT2D eigenvalue weighted by Gasteiger charge is -2.30. The van der Waals surface area contributed by atoms with Crippen LogP contribution in [0.3, 0.4) is 0 Å². The van der Waals surface area contributed by atoms with Crippen LogP contribution < -0.4 is 4.74 Å². The summed E-state index contributed by atoms with van der Waals surface area (Å²) in [6.45, 7) is 4.28. The Balaban J connectivity index is 1.82. The van der Waals surface area contributed by atoms with Crippen molar-refractivity contribution in [3.8, 4) is 5.75 Å². The van der Waals surface area contributed by atoms with Gasteiger partial charge in [-0.05, 0) is 45.0 Å². The first-order valence-electron chi connectivity index (χ1n) is 6.51. The van der Waals surface area contributed by atoms with Gasteiger partial charge in [-0.2, -0.15) is 5.10 Å². The number of nitrogens with zero attached hydrogens (tertiary/aromatic N) is 2. The third-order valence-corrected chi connectivity index (χ3v) is 3.61. The molecular formula is C14H19N3O. The standard InChI is InChI=1S/C14H19N3O/c1-10-6-11-8-15-16-13(11)7-14(10)18-12-4-3-5-17(2)9-12/h6-8,12H,3-5,9H2,1-2H3,(H,15,16)/t12-/m0/s1. The molecule has 2 heterocycles. The van der Waals surface area contributed by atoms with E-state index in [9.17, 15) is 0 Å². The van der Waals surface area contributed by atoms with Gasteiger partial charge in [0.2, 0.25) is 0 Å². The van der Waals surface area contributed by atoms with Crippen LogP contribution in [0.25, 0.3) is 10.9 Å². The SMILES string of the molecule is Cc1cc2cn[nH]c2cc1O[C@H]1CCCN(C)C1. The zero-order chi connectivity index (χ0) is 12.5. The topological polar surface area (TPSA) is 41.1 Å². The van der Waals surface area contributed by atoms with E-state index in [0.717, 1.165) is 29.6 Å². The van der Waals surface area contributed by atoms with Gasteiger partial charge < -0.3 is 9.64 Å². The first-order valence-corrected chi connectivity index (χ1v) is 6.51. The summed E-state index contributed by atoms with van der Waals surface area (Å²) in [5.74, 6) is 0.979. The zero-order valence-electron chi connectivity index (χ0n) is 10.9. The van der Waals surface area contributed by atoms with Gasteiger partial charge in [-0.1, -0.05) is 0 Å². The fourth-order valence-electron chi connectivity index (χ4n) is 2.61. The largest absolute Gasteiger partial charge is 0.489 e. The number of H-pyrrole nitrogens is 1. The van der Waals surface area contributed by atoms with Crippen molar-refractivity contribution >= 4 is 10.9 Å². The van der Waals surface area contributed by atoms with E-state index < -0.39 is 0 Å². The van der Waals surface area contributed by atoms with Crippen molar-refractivity contribution in [3.05, 3.63) is 23.9 Å². The molecular weight excluding hydrogens is 226 g/mol. The van der Waals surface area contributed by atoms with Crippen molar-refractivity contribution in [1.29, 1.82) is 0 Å². The number of likely N-dealkylation sites (tertiary alicyclic amines) is 1. The Hall–Kier alpha value is -1.55.